The highest BCUT2D eigenvalue weighted by Crippen LogP contribution is 2.26. The number of para-hydroxylation sites is 1. The molecule has 4 N–H and O–H groups in total. The number of likely N-dealkylation sites (N-methyl/N-ethyl adjacent to an activating group) is 1. The minimum Gasteiger partial charge on any atom is -0.343 e. The van der Waals surface area contributed by atoms with E-state index in [0.29, 0.717) is 38.6 Å². The minimum atomic E-state index is -1.01. The van der Waals surface area contributed by atoms with Gasteiger partial charge in [-0.25, -0.2) is 0 Å². The molecule has 12 nitrogen and oxygen atoms in total. The first kappa shape index (κ1) is 37.5. The third-order valence-electron chi connectivity index (χ3n) is 9.16. The van der Waals surface area contributed by atoms with E-state index < -0.39 is 59.7 Å². The Morgan fingerprint density at radius 2 is 1.47 bits per heavy atom. The largest absolute Gasteiger partial charge is 0.343 e. The van der Waals surface area contributed by atoms with Crippen LogP contribution in [0, 0.1) is 17.8 Å². The lowest BCUT2D eigenvalue weighted by Gasteiger charge is -2.39. The van der Waals surface area contributed by atoms with Crippen molar-refractivity contribution in [2.75, 3.05) is 18.9 Å². The normalized spacial score (nSPS) is 26.3. The zero-order chi connectivity index (χ0) is 35.0. The van der Waals surface area contributed by atoms with Crippen molar-refractivity contribution in [2.45, 2.75) is 117 Å². The Kier molecular flexibility index (Phi) is 13.4. The van der Waals surface area contributed by atoms with E-state index in [9.17, 15) is 28.8 Å². The fourth-order valence-corrected chi connectivity index (χ4v) is 6.18. The van der Waals surface area contributed by atoms with Crippen LogP contribution in [0.1, 0.15) is 97.3 Å². The molecule has 260 valence electrons. The molecule has 1 saturated heterocycles. The molecule has 3 rings (SSSR count). The number of piperidine rings is 1. The second kappa shape index (κ2) is 16.7. The molecule has 2 aliphatic heterocycles. The van der Waals surface area contributed by atoms with Crippen LogP contribution in [0.2, 0.25) is 0 Å². The van der Waals surface area contributed by atoms with E-state index in [2.05, 4.69) is 21.3 Å². The van der Waals surface area contributed by atoms with Crippen LogP contribution >= 0.6 is 0 Å². The van der Waals surface area contributed by atoms with Crippen LogP contribution in [0.4, 0.5) is 5.69 Å². The SMILES string of the molecule is CCC(C)C1NC(=O)C(CC(C)C)NC(=O)C(C)NC(=O)C(CC(C)C)N(C)C(=O)C2CCCCN2C(=O)c2ccccc2NC1=O. The van der Waals surface area contributed by atoms with E-state index in [1.807, 2.05) is 41.5 Å². The highest BCUT2D eigenvalue weighted by atomic mass is 16.2. The number of rotatable bonds is 6. The first-order valence-corrected chi connectivity index (χ1v) is 17.0. The number of carbonyl (C=O) groups is 6. The second-order valence-corrected chi connectivity index (χ2v) is 13.9. The average molecular weight is 655 g/mol. The minimum absolute atomic E-state index is 0.0277. The molecule has 0 radical (unpaired) electrons. The molecule has 12 heteroatoms. The van der Waals surface area contributed by atoms with Crippen LogP contribution in [-0.2, 0) is 24.0 Å². The average Bonchev–Trinajstić information content (AvgIpc) is 3.03. The second-order valence-electron chi connectivity index (χ2n) is 13.9. The van der Waals surface area contributed by atoms with Gasteiger partial charge in [0.15, 0.2) is 0 Å². The van der Waals surface area contributed by atoms with Crippen LogP contribution in [0.3, 0.4) is 0 Å². The number of hydrogen-bond acceptors (Lipinski definition) is 6. The van der Waals surface area contributed by atoms with Gasteiger partial charge in [0.1, 0.15) is 30.2 Å². The topological polar surface area (TPSA) is 157 Å². The highest BCUT2D eigenvalue weighted by molar-refractivity contribution is 6.07. The number of nitrogens with one attached hydrogen (secondary N) is 4. The van der Waals surface area contributed by atoms with Gasteiger partial charge in [-0.2, -0.15) is 0 Å². The van der Waals surface area contributed by atoms with Crippen LogP contribution in [0.15, 0.2) is 24.3 Å². The predicted octanol–water partition coefficient (Wildman–Crippen LogP) is 3.07. The molecule has 0 saturated carbocycles. The van der Waals surface area contributed by atoms with E-state index >= 15 is 0 Å². The maximum atomic E-state index is 14.1. The molecule has 6 unspecified atom stereocenters. The summed E-state index contributed by atoms with van der Waals surface area (Å²) in [4.78, 5) is 85.8. The Bertz CT molecular complexity index is 1310. The molecule has 1 aromatic rings. The molecule has 1 fully saturated rings. The van der Waals surface area contributed by atoms with Crippen LogP contribution < -0.4 is 21.3 Å². The summed E-state index contributed by atoms with van der Waals surface area (Å²) in [7, 11) is 1.56. The number of hydrogen-bond donors (Lipinski definition) is 4. The van der Waals surface area contributed by atoms with Gasteiger partial charge < -0.3 is 31.1 Å². The molecule has 6 amide bonds. The first-order chi connectivity index (χ1) is 22.2. The quantitative estimate of drug-likeness (QED) is 0.369. The van der Waals surface area contributed by atoms with Gasteiger partial charge >= 0.3 is 0 Å². The van der Waals surface area contributed by atoms with Gasteiger partial charge in [-0.1, -0.05) is 60.1 Å². The monoisotopic (exact) mass is 654 g/mol. The van der Waals surface area contributed by atoms with Crippen LogP contribution in [0.25, 0.3) is 0 Å². The molecule has 47 heavy (non-hydrogen) atoms. The summed E-state index contributed by atoms with van der Waals surface area (Å²) in [5, 5.41) is 11.3. The number of fused-ring (bicyclic) bond motifs is 2. The van der Waals surface area contributed by atoms with E-state index in [1.165, 1.54) is 16.7 Å². The standard InChI is InChI=1S/C35H54N6O6/c1-9-22(6)29-33(45)37-25-15-11-10-14-24(25)34(46)41-17-13-12-16-27(41)35(47)40(8)28(19-21(4)5)32(44)36-23(7)30(42)38-26(18-20(2)3)31(43)39-29/h10-11,14-15,20-23,26-29H,9,12-13,16-19H2,1-8H3,(H,36,44)(H,37,45)(H,38,42)(H,39,43). The summed E-state index contributed by atoms with van der Waals surface area (Å²) in [6.07, 6.45) is 3.08. The Hall–Kier alpha value is -3.96. The Morgan fingerprint density at radius 1 is 0.809 bits per heavy atom. The van der Waals surface area contributed by atoms with Crippen molar-refractivity contribution in [3.05, 3.63) is 29.8 Å². The smallest absolute Gasteiger partial charge is 0.256 e. The number of carbonyl (C=O) groups excluding carboxylic acids is 6. The Balaban J connectivity index is 2.13. The summed E-state index contributed by atoms with van der Waals surface area (Å²) >= 11 is 0. The van der Waals surface area contributed by atoms with Gasteiger partial charge in [-0.05, 0) is 68.9 Å². The zero-order valence-electron chi connectivity index (χ0n) is 29.2. The molecule has 0 aromatic heterocycles. The van der Waals surface area contributed by atoms with E-state index in [1.54, 1.807) is 31.3 Å². The van der Waals surface area contributed by atoms with Gasteiger partial charge in [0, 0.05) is 13.6 Å². The molecular weight excluding hydrogens is 600 g/mol. The first-order valence-electron chi connectivity index (χ1n) is 17.0. The van der Waals surface area contributed by atoms with Gasteiger partial charge in [-0.3, -0.25) is 28.8 Å². The summed E-state index contributed by atoms with van der Waals surface area (Å²) in [5.41, 5.74) is 0.497. The van der Waals surface area contributed by atoms with Crippen LogP contribution in [-0.4, -0.2) is 89.0 Å². The Labute approximate surface area is 279 Å². The molecule has 0 bridgehead atoms. The summed E-state index contributed by atoms with van der Waals surface area (Å²) < 4.78 is 0. The summed E-state index contributed by atoms with van der Waals surface area (Å²) in [6.45, 7) is 13.4. The summed E-state index contributed by atoms with van der Waals surface area (Å²) in [6, 6.07) is 2.00. The van der Waals surface area contributed by atoms with Crippen molar-refractivity contribution in [3.8, 4) is 0 Å². The third-order valence-corrected chi connectivity index (χ3v) is 9.16. The molecule has 0 spiro atoms. The van der Waals surface area contributed by atoms with Crippen molar-refractivity contribution in [1.82, 2.24) is 25.8 Å². The zero-order valence-corrected chi connectivity index (χ0v) is 29.2. The lowest BCUT2D eigenvalue weighted by Crippen LogP contribution is -2.59. The van der Waals surface area contributed by atoms with E-state index in [4.69, 9.17) is 0 Å². The maximum Gasteiger partial charge on any atom is 0.256 e. The Morgan fingerprint density at radius 3 is 2.11 bits per heavy atom. The molecule has 0 aliphatic carbocycles. The summed E-state index contributed by atoms with van der Waals surface area (Å²) in [5.74, 6) is -3.04. The fourth-order valence-electron chi connectivity index (χ4n) is 6.18. The number of amides is 6. The maximum absolute atomic E-state index is 14.1. The molecule has 1 aromatic carbocycles. The molecule has 2 aliphatic rings. The predicted molar refractivity (Wildman–Crippen MR) is 180 cm³/mol. The molecule has 2 heterocycles. The van der Waals surface area contributed by atoms with Gasteiger partial charge in [0.25, 0.3) is 5.91 Å². The number of anilines is 1. The number of nitrogens with zero attached hydrogens (tertiary/aromatic N) is 2. The molecule has 6 atom stereocenters. The van der Waals surface area contributed by atoms with Crippen LogP contribution in [0.5, 0.6) is 0 Å². The van der Waals surface area contributed by atoms with Gasteiger partial charge in [-0.15, -0.1) is 0 Å². The van der Waals surface area contributed by atoms with Crippen molar-refractivity contribution >= 4 is 41.1 Å². The lowest BCUT2D eigenvalue weighted by molar-refractivity contribution is -0.144. The van der Waals surface area contributed by atoms with Gasteiger partial charge in [0.2, 0.25) is 29.5 Å². The molecular formula is C35H54N6O6. The fraction of sp³-hybridized carbons (Fsp3) is 0.657. The third kappa shape index (κ3) is 9.54. The van der Waals surface area contributed by atoms with E-state index in [0.717, 1.165) is 6.42 Å². The van der Waals surface area contributed by atoms with Crippen molar-refractivity contribution in [2.24, 2.45) is 17.8 Å². The number of benzene rings is 1. The van der Waals surface area contributed by atoms with E-state index in [-0.39, 0.29) is 34.9 Å². The van der Waals surface area contributed by atoms with Crippen molar-refractivity contribution in [3.63, 3.8) is 0 Å². The van der Waals surface area contributed by atoms with Crippen molar-refractivity contribution in [1.29, 1.82) is 0 Å². The lowest BCUT2D eigenvalue weighted by atomic mass is 9.96. The van der Waals surface area contributed by atoms with Gasteiger partial charge in [0.05, 0.1) is 11.3 Å². The van der Waals surface area contributed by atoms with Crippen molar-refractivity contribution < 1.29 is 28.8 Å². The highest BCUT2D eigenvalue weighted by Gasteiger charge is 2.40.